The molecule has 0 aromatic heterocycles. The van der Waals surface area contributed by atoms with E-state index in [1.165, 1.54) is 0 Å². The minimum atomic E-state index is -0.389. The first-order valence-corrected chi connectivity index (χ1v) is 5.23. The summed E-state index contributed by atoms with van der Waals surface area (Å²) in [6.45, 7) is 5.45. The Morgan fingerprint density at radius 3 is 2.80 bits per heavy atom. The SMILES string of the molecule is CCOC(=O)CNC(=O)C1(C)CCNC1. The zero-order valence-corrected chi connectivity index (χ0v) is 9.26. The average Bonchev–Trinajstić information content (AvgIpc) is 2.63. The van der Waals surface area contributed by atoms with Crippen molar-refractivity contribution >= 4 is 11.9 Å². The maximum atomic E-state index is 11.7. The molecule has 1 aliphatic heterocycles. The highest BCUT2D eigenvalue weighted by Crippen LogP contribution is 2.24. The quantitative estimate of drug-likeness (QED) is 0.629. The lowest BCUT2D eigenvalue weighted by Crippen LogP contribution is -2.42. The fourth-order valence-electron chi connectivity index (χ4n) is 1.59. The fraction of sp³-hybridized carbons (Fsp3) is 0.800. The van der Waals surface area contributed by atoms with Gasteiger partial charge in [-0.25, -0.2) is 0 Å². The van der Waals surface area contributed by atoms with E-state index < -0.39 is 0 Å². The Morgan fingerprint density at radius 2 is 2.27 bits per heavy atom. The normalized spacial score (nSPS) is 24.9. The summed E-state index contributed by atoms with van der Waals surface area (Å²) in [5.41, 5.74) is -0.382. The van der Waals surface area contributed by atoms with E-state index in [1.54, 1.807) is 6.92 Å². The van der Waals surface area contributed by atoms with Crippen molar-refractivity contribution in [3.8, 4) is 0 Å². The molecule has 0 aromatic carbocycles. The molecule has 0 bridgehead atoms. The van der Waals surface area contributed by atoms with Crippen LogP contribution in [0.2, 0.25) is 0 Å². The number of carbonyl (C=O) groups excluding carboxylic acids is 2. The van der Waals surface area contributed by atoms with Crippen LogP contribution in [0.15, 0.2) is 0 Å². The van der Waals surface area contributed by atoms with Crippen LogP contribution in [0, 0.1) is 5.41 Å². The Bertz CT molecular complexity index is 247. The van der Waals surface area contributed by atoms with Crippen molar-refractivity contribution < 1.29 is 14.3 Å². The number of carbonyl (C=O) groups is 2. The monoisotopic (exact) mass is 214 g/mol. The highest BCUT2D eigenvalue weighted by molar-refractivity contribution is 5.86. The highest BCUT2D eigenvalue weighted by atomic mass is 16.5. The number of nitrogens with one attached hydrogen (secondary N) is 2. The summed E-state index contributed by atoms with van der Waals surface area (Å²) in [5, 5.41) is 5.73. The summed E-state index contributed by atoms with van der Waals surface area (Å²) in [6, 6.07) is 0. The lowest BCUT2D eigenvalue weighted by molar-refractivity contribution is -0.144. The van der Waals surface area contributed by atoms with Gasteiger partial charge < -0.3 is 15.4 Å². The predicted octanol–water partition coefficient (Wildman–Crippen LogP) is -0.335. The zero-order valence-electron chi connectivity index (χ0n) is 9.26. The molecule has 15 heavy (non-hydrogen) atoms. The Hall–Kier alpha value is -1.10. The largest absolute Gasteiger partial charge is 0.465 e. The van der Waals surface area contributed by atoms with E-state index in [-0.39, 0.29) is 23.8 Å². The predicted molar refractivity (Wildman–Crippen MR) is 55.2 cm³/mol. The third-order valence-electron chi connectivity index (χ3n) is 2.62. The summed E-state index contributed by atoms with van der Waals surface area (Å²) in [5.74, 6) is -0.471. The maximum absolute atomic E-state index is 11.7. The van der Waals surface area contributed by atoms with Crippen LogP contribution in [-0.2, 0) is 14.3 Å². The van der Waals surface area contributed by atoms with Crippen LogP contribution in [0.5, 0.6) is 0 Å². The van der Waals surface area contributed by atoms with Gasteiger partial charge in [0, 0.05) is 6.54 Å². The van der Waals surface area contributed by atoms with Crippen molar-refractivity contribution in [2.45, 2.75) is 20.3 Å². The van der Waals surface area contributed by atoms with Gasteiger partial charge in [-0.05, 0) is 26.8 Å². The Labute approximate surface area is 89.6 Å². The molecule has 1 fully saturated rings. The number of ether oxygens (including phenoxy) is 1. The first-order valence-electron chi connectivity index (χ1n) is 5.23. The third kappa shape index (κ3) is 3.20. The second kappa shape index (κ2) is 5.11. The van der Waals surface area contributed by atoms with Crippen molar-refractivity contribution in [3.05, 3.63) is 0 Å². The van der Waals surface area contributed by atoms with Gasteiger partial charge in [-0.3, -0.25) is 9.59 Å². The maximum Gasteiger partial charge on any atom is 0.325 e. The van der Waals surface area contributed by atoms with Gasteiger partial charge in [0.05, 0.1) is 12.0 Å². The second-order valence-electron chi connectivity index (χ2n) is 3.98. The Morgan fingerprint density at radius 1 is 1.53 bits per heavy atom. The Balaban J connectivity index is 2.32. The molecule has 86 valence electrons. The molecule has 0 radical (unpaired) electrons. The summed E-state index contributed by atoms with van der Waals surface area (Å²) >= 11 is 0. The third-order valence-corrected chi connectivity index (χ3v) is 2.62. The van der Waals surface area contributed by atoms with Crippen LogP contribution in [-0.4, -0.2) is 38.1 Å². The van der Waals surface area contributed by atoms with Crippen molar-refractivity contribution in [2.75, 3.05) is 26.2 Å². The topological polar surface area (TPSA) is 67.4 Å². The molecule has 1 unspecified atom stereocenters. The molecular weight excluding hydrogens is 196 g/mol. The lowest BCUT2D eigenvalue weighted by atomic mass is 9.89. The van der Waals surface area contributed by atoms with Crippen LogP contribution < -0.4 is 10.6 Å². The van der Waals surface area contributed by atoms with Gasteiger partial charge in [0.2, 0.25) is 5.91 Å². The van der Waals surface area contributed by atoms with E-state index in [9.17, 15) is 9.59 Å². The van der Waals surface area contributed by atoms with Gasteiger partial charge >= 0.3 is 5.97 Å². The molecule has 5 nitrogen and oxygen atoms in total. The first kappa shape index (κ1) is 12.0. The van der Waals surface area contributed by atoms with E-state index in [4.69, 9.17) is 4.74 Å². The molecule has 2 N–H and O–H groups in total. The van der Waals surface area contributed by atoms with Crippen molar-refractivity contribution in [2.24, 2.45) is 5.41 Å². The molecule has 0 aliphatic carbocycles. The molecule has 1 aliphatic rings. The standard InChI is InChI=1S/C10H18N2O3/c1-3-15-8(13)6-12-9(14)10(2)4-5-11-7-10/h11H,3-7H2,1-2H3,(H,12,14). The van der Waals surface area contributed by atoms with Gasteiger partial charge in [0.15, 0.2) is 0 Å². The van der Waals surface area contributed by atoms with Gasteiger partial charge in [0.25, 0.3) is 0 Å². The van der Waals surface area contributed by atoms with Crippen LogP contribution in [0.4, 0.5) is 0 Å². The average molecular weight is 214 g/mol. The van der Waals surface area contributed by atoms with E-state index in [0.29, 0.717) is 13.2 Å². The van der Waals surface area contributed by atoms with E-state index in [2.05, 4.69) is 10.6 Å². The van der Waals surface area contributed by atoms with Crippen LogP contribution in [0.1, 0.15) is 20.3 Å². The minimum absolute atomic E-state index is 0.0394. The Kier molecular flexibility index (Phi) is 4.08. The van der Waals surface area contributed by atoms with Gasteiger partial charge in [-0.15, -0.1) is 0 Å². The van der Waals surface area contributed by atoms with Crippen molar-refractivity contribution in [3.63, 3.8) is 0 Å². The fourth-order valence-corrected chi connectivity index (χ4v) is 1.59. The molecule has 0 saturated carbocycles. The molecule has 0 spiro atoms. The molecule has 0 aromatic rings. The smallest absolute Gasteiger partial charge is 0.325 e. The van der Waals surface area contributed by atoms with E-state index >= 15 is 0 Å². The first-order chi connectivity index (χ1) is 7.08. The number of amides is 1. The van der Waals surface area contributed by atoms with Crippen LogP contribution >= 0.6 is 0 Å². The number of rotatable bonds is 4. The van der Waals surface area contributed by atoms with Crippen LogP contribution in [0.3, 0.4) is 0 Å². The molecular formula is C10H18N2O3. The molecule has 1 amide bonds. The highest BCUT2D eigenvalue weighted by Gasteiger charge is 2.36. The van der Waals surface area contributed by atoms with E-state index in [1.807, 2.05) is 6.92 Å². The number of hydrogen-bond donors (Lipinski definition) is 2. The van der Waals surface area contributed by atoms with Crippen molar-refractivity contribution in [1.29, 1.82) is 0 Å². The molecule has 1 heterocycles. The van der Waals surface area contributed by atoms with Gasteiger partial charge in [-0.1, -0.05) is 0 Å². The molecule has 1 rings (SSSR count). The lowest BCUT2D eigenvalue weighted by Gasteiger charge is -2.20. The zero-order chi connectivity index (χ0) is 11.3. The summed E-state index contributed by atoms with van der Waals surface area (Å²) < 4.78 is 4.72. The summed E-state index contributed by atoms with van der Waals surface area (Å²) in [7, 11) is 0. The van der Waals surface area contributed by atoms with E-state index in [0.717, 1.165) is 13.0 Å². The van der Waals surface area contributed by atoms with Crippen molar-refractivity contribution in [1.82, 2.24) is 10.6 Å². The second-order valence-corrected chi connectivity index (χ2v) is 3.98. The van der Waals surface area contributed by atoms with Gasteiger partial charge in [0.1, 0.15) is 6.54 Å². The molecule has 1 atom stereocenters. The van der Waals surface area contributed by atoms with Crippen LogP contribution in [0.25, 0.3) is 0 Å². The molecule has 5 heteroatoms. The number of hydrogen-bond acceptors (Lipinski definition) is 4. The minimum Gasteiger partial charge on any atom is -0.465 e. The summed E-state index contributed by atoms with van der Waals surface area (Å²) in [4.78, 5) is 22.7. The summed E-state index contributed by atoms with van der Waals surface area (Å²) in [6.07, 6.45) is 0.807. The van der Waals surface area contributed by atoms with Gasteiger partial charge in [-0.2, -0.15) is 0 Å². The molecule has 1 saturated heterocycles. The number of esters is 1.